The Balaban J connectivity index is 2.03. The molecular formula is C7H8ClN3O3. The summed E-state index contributed by atoms with van der Waals surface area (Å²) in [4.78, 5) is 11.3. The van der Waals surface area contributed by atoms with Gasteiger partial charge in [0.15, 0.2) is 0 Å². The molecular weight excluding hydrogens is 210 g/mol. The maximum Gasteiger partial charge on any atom is 0.324 e. The van der Waals surface area contributed by atoms with Crippen LogP contribution in [0.2, 0.25) is 5.28 Å². The number of hydrogen-bond donors (Lipinski definition) is 0. The Hall–Kier alpha value is -1.14. The van der Waals surface area contributed by atoms with Crippen molar-refractivity contribution in [2.75, 3.05) is 20.3 Å². The van der Waals surface area contributed by atoms with E-state index in [2.05, 4.69) is 15.0 Å². The molecule has 0 N–H and O–H groups in total. The molecule has 14 heavy (non-hydrogen) atoms. The zero-order valence-corrected chi connectivity index (χ0v) is 8.19. The minimum Gasteiger partial charge on any atom is -0.467 e. The van der Waals surface area contributed by atoms with Gasteiger partial charge in [-0.3, -0.25) is 0 Å². The van der Waals surface area contributed by atoms with Crippen LogP contribution in [-0.4, -0.2) is 41.4 Å². The van der Waals surface area contributed by atoms with Crippen molar-refractivity contribution >= 4 is 11.6 Å². The van der Waals surface area contributed by atoms with E-state index in [9.17, 15) is 0 Å². The van der Waals surface area contributed by atoms with Gasteiger partial charge in [0.05, 0.1) is 13.7 Å². The molecule has 1 fully saturated rings. The number of epoxide rings is 1. The topological polar surface area (TPSA) is 69.7 Å². The lowest BCUT2D eigenvalue weighted by Crippen LogP contribution is -2.08. The van der Waals surface area contributed by atoms with Gasteiger partial charge >= 0.3 is 12.0 Å². The first-order valence-electron chi connectivity index (χ1n) is 3.98. The van der Waals surface area contributed by atoms with Crippen LogP contribution in [0.4, 0.5) is 0 Å². The van der Waals surface area contributed by atoms with E-state index < -0.39 is 0 Å². The number of rotatable bonds is 4. The summed E-state index contributed by atoms with van der Waals surface area (Å²) < 4.78 is 15.0. The first-order chi connectivity index (χ1) is 6.78. The van der Waals surface area contributed by atoms with Crippen LogP contribution in [0.5, 0.6) is 12.0 Å². The Morgan fingerprint density at radius 1 is 1.43 bits per heavy atom. The summed E-state index contributed by atoms with van der Waals surface area (Å²) in [5.74, 6) is 0. The fourth-order valence-corrected chi connectivity index (χ4v) is 0.947. The second kappa shape index (κ2) is 3.93. The summed E-state index contributed by atoms with van der Waals surface area (Å²) in [7, 11) is 1.44. The summed E-state index contributed by atoms with van der Waals surface area (Å²) in [5.41, 5.74) is 0. The second-order valence-corrected chi connectivity index (χ2v) is 2.98. The molecule has 7 heteroatoms. The molecule has 1 aliphatic heterocycles. The van der Waals surface area contributed by atoms with Crippen molar-refractivity contribution in [1.29, 1.82) is 0 Å². The number of methoxy groups -OCH3 is 1. The summed E-state index contributed by atoms with van der Waals surface area (Å²) >= 11 is 5.61. The largest absolute Gasteiger partial charge is 0.467 e. The molecule has 1 unspecified atom stereocenters. The van der Waals surface area contributed by atoms with Crippen LogP contribution in [-0.2, 0) is 4.74 Å². The van der Waals surface area contributed by atoms with Gasteiger partial charge in [-0.1, -0.05) is 0 Å². The lowest BCUT2D eigenvalue weighted by molar-refractivity contribution is 0.241. The molecule has 0 radical (unpaired) electrons. The molecule has 0 aromatic carbocycles. The number of ether oxygens (including phenoxy) is 3. The first kappa shape index (κ1) is 9.42. The van der Waals surface area contributed by atoms with Gasteiger partial charge in [0.1, 0.15) is 12.7 Å². The maximum absolute atomic E-state index is 5.61. The Kier molecular flexibility index (Phi) is 2.64. The van der Waals surface area contributed by atoms with Crippen LogP contribution in [0, 0.1) is 0 Å². The first-order valence-corrected chi connectivity index (χ1v) is 4.35. The Morgan fingerprint density at radius 2 is 2.14 bits per heavy atom. The van der Waals surface area contributed by atoms with E-state index in [4.69, 9.17) is 25.8 Å². The predicted octanol–water partition coefficient (Wildman–Crippen LogP) is 0.311. The van der Waals surface area contributed by atoms with Gasteiger partial charge in [-0.05, 0) is 11.6 Å². The van der Waals surface area contributed by atoms with E-state index in [0.29, 0.717) is 6.61 Å². The molecule has 0 bridgehead atoms. The van der Waals surface area contributed by atoms with Crippen molar-refractivity contribution in [3.8, 4) is 12.0 Å². The maximum atomic E-state index is 5.61. The molecule has 1 saturated heterocycles. The molecule has 0 saturated carbocycles. The van der Waals surface area contributed by atoms with E-state index >= 15 is 0 Å². The molecule has 0 spiro atoms. The smallest absolute Gasteiger partial charge is 0.324 e. The molecule has 0 aliphatic carbocycles. The normalized spacial score (nSPS) is 19.1. The van der Waals surface area contributed by atoms with Crippen molar-refractivity contribution in [1.82, 2.24) is 15.0 Å². The number of hydrogen-bond acceptors (Lipinski definition) is 6. The van der Waals surface area contributed by atoms with Gasteiger partial charge in [0.2, 0.25) is 5.28 Å². The minimum atomic E-state index is 0.0450. The molecule has 76 valence electrons. The number of aromatic nitrogens is 3. The molecule has 2 rings (SSSR count). The molecule has 0 amide bonds. The number of halogens is 1. The highest BCUT2D eigenvalue weighted by Crippen LogP contribution is 2.15. The van der Waals surface area contributed by atoms with Crippen molar-refractivity contribution in [2.45, 2.75) is 6.10 Å². The zero-order valence-electron chi connectivity index (χ0n) is 7.44. The molecule has 2 heterocycles. The van der Waals surface area contributed by atoms with Crippen molar-refractivity contribution < 1.29 is 14.2 Å². The zero-order chi connectivity index (χ0) is 9.97. The van der Waals surface area contributed by atoms with Crippen LogP contribution in [0.1, 0.15) is 0 Å². The van der Waals surface area contributed by atoms with Crippen molar-refractivity contribution in [3.63, 3.8) is 0 Å². The summed E-state index contributed by atoms with van der Waals surface area (Å²) in [6.07, 6.45) is 0.150. The van der Waals surface area contributed by atoms with Crippen LogP contribution in [0.3, 0.4) is 0 Å². The number of nitrogens with zero attached hydrogens (tertiary/aromatic N) is 3. The standard InChI is InChI=1S/C7H8ClN3O3/c1-12-6-9-5(8)10-7(11-6)14-3-4-2-13-4/h4H,2-3H2,1H3. The van der Waals surface area contributed by atoms with E-state index in [-0.39, 0.29) is 23.4 Å². The summed E-state index contributed by atoms with van der Waals surface area (Å²) in [6, 6.07) is 0.286. The molecule has 6 nitrogen and oxygen atoms in total. The fourth-order valence-electron chi connectivity index (χ4n) is 0.802. The lowest BCUT2D eigenvalue weighted by Gasteiger charge is -2.03. The van der Waals surface area contributed by atoms with Crippen LogP contribution in [0.15, 0.2) is 0 Å². The quantitative estimate of drug-likeness (QED) is 0.676. The minimum absolute atomic E-state index is 0.0450. The van der Waals surface area contributed by atoms with Gasteiger partial charge in [0, 0.05) is 0 Å². The lowest BCUT2D eigenvalue weighted by atomic mass is 10.5. The third kappa shape index (κ3) is 2.43. The average molecular weight is 218 g/mol. The molecule has 1 aliphatic rings. The van der Waals surface area contributed by atoms with Gasteiger partial charge in [-0.2, -0.15) is 9.97 Å². The fraction of sp³-hybridized carbons (Fsp3) is 0.571. The summed E-state index contributed by atoms with van der Waals surface area (Å²) in [6.45, 7) is 1.14. The van der Waals surface area contributed by atoms with Crippen LogP contribution < -0.4 is 9.47 Å². The third-order valence-electron chi connectivity index (χ3n) is 1.55. The predicted molar refractivity (Wildman–Crippen MR) is 46.6 cm³/mol. The molecule has 1 atom stereocenters. The average Bonchev–Trinajstić information content (AvgIpc) is 2.97. The van der Waals surface area contributed by atoms with Gasteiger partial charge in [-0.15, -0.1) is 4.98 Å². The van der Waals surface area contributed by atoms with E-state index in [0.717, 1.165) is 6.61 Å². The summed E-state index contributed by atoms with van der Waals surface area (Å²) in [5, 5.41) is 0.0450. The van der Waals surface area contributed by atoms with E-state index in [1.54, 1.807) is 0 Å². The van der Waals surface area contributed by atoms with E-state index in [1.807, 2.05) is 0 Å². The van der Waals surface area contributed by atoms with Crippen molar-refractivity contribution in [3.05, 3.63) is 5.28 Å². The molecule has 1 aromatic heterocycles. The van der Waals surface area contributed by atoms with Crippen LogP contribution in [0.25, 0.3) is 0 Å². The van der Waals surface area contributed by atoms with Gasteiger partial charge in [-0.25, -0.2) is 0 Å². The highest BCUT2D eigenvalue weighted by Gasteiger charge is 2.23. The van der Waals surface area contributed by atoms with Gasteiger partial charge < -0.3 is 14.2 Å². The Bertz CT molecular complexity index is 332. The molecule has 1 aromatic rings. The highest BCUT2D eigenvalue weighted by molar-refractivity contribution is 6.28. The van der Waals surface area contributed by atoms with Gasteiger partial charge in [0.25, 0.3) is 0 Å². The van der Waals surface area contributed by atoms with Crippen molar-refractivity contribution in [2.24, 2.45) is 0 Å². The SMILES string of the molecule is COc1nc(Cl)nc(OCC2CO2)n1. The second-order valence-electron chi connectivity index (χ2n) is 2.64. The third-order valence-corrected chi connectivity index (χ3v) is 1.72. The van der Waals surface area contributed by atoms with E-state index in [1.165, 1.54) is 7.11 Å². The highest BCUT2D eigenvalue weighted by atomic mass is 35.5. The van der Waals surface area contributed by atoms with Crippen LogP contribution >= 0.6 is 11.6 Å². The monoisotopic (exact) mass is 217 g/mol. The Labute approximate surface area is 85.2 Å². The Morgan fingerprint density at radius 3 is 2.79 bits per heavy atom.